The Morgan fingerprint density at radius 1 is 1.35 bits per heavy atom. The fraction of sp³-hybridized carbons (Fsp3) is 0.833. The summed E-state index contributed by atoms with van der Waals surface area (Å²) in [7, 11) is 0. The molecule has 0 aromatic carbocycles. The summed E-state index contributed by atoms with van der Waals surface area (Å²) in [4.78, 5) is 26.8. The van der Waals surface area contributed by atoms with Crippen molar-refractivity contribution in [1.29, 1.82) is 0 Å². The van der Waals surface area contributed by atoms with E-state index in [9.17, 15) is 9.59 Å². The van der Waals surface area contributed by atoms with Crippen LogP contribution in [0.5, 0.6) is 0 Å². The lowest BCUT2D eigenvalue weighted by Crippen LogP contribution is -2.45. The van der Waals surface area contributed by atoms with Crippen molar-refractivity contribution in [2.75, 3.05) is 19.6 Å². The van der Waals surface area contributed by atoms with E-state index >= 15 is 0 Å². The largest absolute Gasteiger partial charge is 0.480 e. The standard InChI is InChI=1S/C12H20N2O3/c1-2-14(9-5-6-9)11(15)8-13-7-3-4-10(13)12(16)17/h9-10H,2-8H2,1H3,(H,16,17). The van der Waals surface area contributed by atoms with Gasteiger partial charge in [-0.3, -0.25) is 14.5 Å². The molecule has 17 heavy (non-hydrogen) atoms. The summed E-state index contributed by atoms with van der Waals surface area (Å²) >= 11 is 0. The Labute approximate surface area is 101 Å². The summed E-state index contributed by atoms with van der Waals surface area (Å²) in [5, 5.41) is 9.05. The van der Waals surface area contributed by atoms with Gasteiger partial charge in [-0.1, -0.05) is 0 Å². The first-order valence-electron chi connectivity index (χ1n) is 6.39. The molecule has 0 aromatic heterocycles. The molecule has 1 aliphatic heterocycles. The fourth-order valence-electron chi connectivity index (χ4n) is 2.58. The number of rotatable bonds is 5. The van der Waals surface area contributed by atoms with Gasteiger partial charge in [0.15, 0.2) is 0 Å². The number of nitrogens with zero attached hydrogens (tertiary/aromatic N) is 2. The third-order valence-electron chi connectivity index (χ3n) is 3.64. The Bertz CT molecular complexity index is 315. The molecule has 2 fully saturated rings. The molecular formula is C12H20N2O3. The molecule has 1 heterocycles. The van der Waals surface area contributed by atoms with E-state index in [0.29, 0.717) is 12.5 Å². The van der Waals surface area contributed by atoms with Gasteiger partial charge in [0.05, 0.1) is 6.54 Å². The molecule has 1 N–H and O–H groups in total. The van der Waals surface area contributed by atoms with Crippen LogP contribution in [0, 0.1) is 0 Å². The van der Waals surface area contributed by atoms with Gasteiger partial charge in [-0.25, -0.2) is 0 Å². The second-order valence-corrected chi connectivity index (χ2v) is 4.88. The van der Waals surface area contributed by atoms with E-state index in [2.05, 4.69) is 0 Å². The van der Waals surface area contributed by atoms with E-state index < -0.39 is 12.0 Å². The van der Waals surface area contributed by atoms with Gasteiger partial charge in [-0.2, -0.15) is 0 Å². The molecule has 5 nitrogen and oxygen atoms in total. The molecule has 0 bridgehead atoms. The van der Waals surface area contributed by atoms with Gasteiger partial charge in [0, 0.05) is 12.6 Å². The second kappa shape index (κ2) is 5.04. The molecule has 1 aliphatic carbocycles. The van der Waals surface area contributed by atoms with Crippen molar-refractivity contribution in [3.8, 4) is 0 Å². The van der Waals surface area contributed by atoms with E-state index in [1.807, 2.05) is 11.8 Å². The average molecular weight is 240 g/mol. The van der Waals surface area contributed by atoms with Crippen LogP contribution in [0.4, 0.5) is 0 Å². The van der Waals surface area contributed by atoms with Crippen LogP contribution in [0.25, 0.3) is 0 Å². The minimum absolute atomic E-state index is 0.0863. The predicted octanol–water partition coefficient (Wildman–Crippen LogP) is 0.546. The highest BCUT2D eigenvalue weighted by molar-refractivity contribution is 5.80. The molecule has 1 saturated heterocycles. The van der Waals surface area contributed by atoms with Crippen molar-refractivity contribution >= 4 is 11.9 Å². The lowest BCUT2D eigenvalue weighted by molar-refractivity contribution is -0.143. The third-order valence-corrected chi connectivity index (χ3v) is 3.64. The molecule has 0 spiro atoms. The van der Waals surface area contributed by atoms with Gasteiger partial charge in [0.1, 0.15) is 6.04 Å². The van der Waals surface area contributed by atoms with Crippen LogP contribution < -0.4 is 0 Å². The smallest absolute Gasteiger partial charge is 0.320 e. The second-order valence-electron chi connectivity index (χ2n) is 4.88. The number of hydrogen-bond acceptors (Lipinski definition) is 3. The average Bonchev–Trinajstić information content (AvgIpc) is 2.98. The van der Waals surface area contributed by atoms with Crippen LogP contribution in [0.1, 0.15) is 32.6 Å². The first kappa shape index (κ1) is 12.4. The summed E-state index contributed by atoms with van der Waals surface area (Å²) in [5.74, 6) is -0.715. The maximum absolute atomic E-state index is 12.1. The van der Waals surface area contributed by atoms with Crippen molar-refractivity contribution in [2.24, 2.45) is 0 Å². The molecule has 1 unspecified atom stereocenters. The number of amides is 1. The van der Waals surface area contributed by atoms with Crippen molar-refractivity contribution in [3.63, 3.8) is 0 Å². The van der Waals surface area contributed by atoms with Crippen molar-refractivity contribution in [2.45, 2.75) is 44.7 Å². The number of carbonyl (C=O) groups excluding carboxylic acids is 1. The van der Waals surface area contributed by atoms with Crippen molar-refractivity contribution in [3.05, 3.63) is 0 Å². The molecule has 2 aliphatic rings. The minimum atomic E-state index is -0.801. The first-order chi connectivity index (χ1) is 8.13. The van der Waals surface area contributed by atoms with Gasteiger partial charge in [-0.05, 0) is 39.2 Å². The Morgan fingerprint density at radius 3 is 2.59 bits per heavy atom. The van der Waals surface area contributed by atoms with Crippen LogP contribution >= 0.6 is 0 Å². The van der Waals surface area contributed by atoms with Crippen molar-refractivity contribution in [1.82, 2.24) is 9.80 Å². The Balaban J connectivity index is 1.90. The van der Waals surface area contributed by atoms with E-state index in [1.165, 1.54) is 0 Å². The third kappa shape index (κ3) is 2.77. The minimum Gasteiger partial charge on any atom is -0.480 e. The van der Waals surface area contributed by atoms with Crippen LogP contribution in [0.15, 0.2) is 0 Å². The lowest BCUT2D eigenvalue weighted by Gasteiger charge is -2.26. The fourth-order valence-corrected chi connectivity index (χ4v) is 2.58. The van der Waals surface area contributed by atoms with E-state index in [-0.39, 0.29) is 12.5 Å². The van der Waals surface area contributed by atoms with E-state index in [1.54, 1.807) is 4.90 Å². The predicted molar refractivity (Wildman–Crippen MR) is 62.6 cm³/mol. The highest BCUT2D eigenvalue weighted by Gasteiger charge is 2.36. The highest BCUT2D eigenvalue weighted by atomic mass is 16.4. The Kier molecular flexibility index (Phi) is 3.66. The van der Waals surface area contributed by atoms with Gasteiger partial charge in [0.25, 0.3) is 0 Å². The molecule has 2 rings (SSSR count). The maximum atomic E-state index is 12.1. The van der Waals surface area contributed by atoms with E-state index in [0.717, 1.165) is 32.4 Å². The van der Waals surface area contributed by atoms with Crippen LogP contribution in [-0.2, 0) is 9.59 Å². The van der Waals surface area contributed by atoms with Crippen LogP contribution in [-0.4, -0.2) is 58.5 Å². The topological polar surface area (TPSA) is 60.9 Å². The summed E-state index contributed by atoms with van der Waals surface area (Å²) in [6.07, 6.45) is 3.74. The van der Waals surface area contributed by atoms with Crippen LogP contribution in [0.2, 0.25) is 0 Å². The SMILES string of the molecule is CCN(C(=O)CN1CCCC1C(=O)O)C1CC1. The van der Waals surface area contributed by atoms with Gasteiger partial charge >= 0.3 is 5.97 Å². The van der Waals surface area contributed by atoms with Gasteiger partial charge < -0.3 is 10.0 Å². The zero-order valence-electron chi connectivity index (χ0n) is 10.3. The molecule has 1 amide bonds. The number of carboxylic acids is 1. The van der Waals surface area contributed by atoms with Gasteiger partial charge in [0.2, 0.25) is 5.91 Å². The summed E-state index contributed by atoms with van der Waals surface area (Å²) in [5.41, 5.74) is 0. The van der Waals surface area contributed by atoms with Gasteiger partial charge in [-0.15, -0.1) is 0 Å². The number of likely N-dealkylation sites (tertiary alicyclic amines) is 1. The Hall–Kier alpha value is -1.10. The zero-order valence-corrected chi connectivity index (χ0v) is 10.3. The molecular weight excluding hydrogens is 220 g/mol. The van der Waals surface area contributed by atoms with Crippen LogP contribution in [0.3, 0.4) is 0 Å². The number of carboxylic acid groups (broad SMARTS) is 1. The normalized spacial score (nSPS) is 24.9. The monoisotopic (exact) mass is 240 g/mol. The summed E-state index contributed by atoms with van der Waals surface area (Å²) in [6.45, 7) is 3.70. The first-order valence-corrected chi connectivity index (χ1v) is 6.39. The number of hydrogen-bond donors (Lipinski definition) is 1. The molecule has 0 radical (unpaired) electrons. The summed E-state index contributed by atoms with van der Waals surface area (Å²) in [6, 6.07) is -0.0461. The molecule has 1 saturated carbocycles. The lowest BCUT2D eigenvalue weighted by atomic mass is 10.2. The summed E-state index contributed by atoms with van der Waals surface area (Å²) < 4.78 is 0. The van der Waals surface area contributed by atoms with E-state index in [4.69, 9.17) is 5.11 Å². The van der Waals surface area contributed by atoms with Crippen molar-refractivity contribution < 1.29 is 14.7 Å². The maximum Gasteiger partial charge on any atom is 0.320 e. The quantitative estimate of drug-likeness (QED) is 0.762. The number of likely N-dealkylation sites (N-methyl/N-ethyl adjacent to an activating group) is 1. The number of carbonyl (C=O) groups is 2. The molecule has 5 heteroatoms. The number of aliphatic carboxylic acids is 1. The molecule has 0 aromatic rings. The Morgan fingerprint density at radius 2 is 2.06 bits per heavy atom. The molecule has 96 valence electrons. The highest BCUT2D eigenvalue weighted by Crippen LogP contribution is 2.27. The molecule has 1 atom stereocenters. The zero-order chi connectivity index (χ0) is 12.4.